The molecule has 0 aromatic heterocycles. The van der Waals surface area contributed by atoms with Gasteiger partial charge in [0.1, 0.15) is 5.76 Å². The molecule has 146 valence electrons. The largest absolute Gasteiger partial charge is 1.00 e. The Bertz CT molecular complexity index is 689. The van der Waals surface area contributed by atoms with Crippen molar-refractivity contribution in [1.82, 2.24) is 0 Å². The Kier molecular flexibility index (Phi) is 18.9. The Balaban J connectivity index is 0. The van der Waals surface area contributed by atoms with Crippen LogP contribution in [0.4, 0.5) is 0 Å². The molecule has 0 aliphatic rings. The molecule has 0 unspecified atom stereocenters. The van der Waals surface area contributed by atoms with E-state index in [0.29, 0.717) is 5.76 Å². The fourth-order valence-electron chi connectivity index (χ4n) is 1.93. The predicted molar refractivity (Wildman–Crippen MR) is 117 cm³/mol. The topological polar surface area (TPSA) is 26.3 Å². The summed E-state index contributed by atoms with van der Waals surface area (Å²) in [5.41, 5.74) is 3.32. The fraction of sp³-hybridized carbons (Fsp3) is 0.280. The molecule has 0 radical (unpaired) electrons. The van der Waals surface area contributed by atoms with E-state index in [0.717, 1.165) is 28.9 Å². The van der Waals surface area contributed by atoms with Crippen LogP contribution in [0.1, 0.15) is 52.2 Å². The van der Waals surface area contributed by atoms with Gasteiger partial charge in [0.15, 0.2) is 0 Å². The van der Waals surface area contributed by atoms with Crippen molar-refractivity contribution in [2.75, 3.05) is 0 Å². The molecular formula is C25H32KO2-. The average molecular weight is 404 g/mol. The van der Waals surface area contributed by atoms with Crippen LogP contribution in [-0.2, 0) is 9.53 Å². The normalized spacial score (nSPS) is 10.1. The van der Waals surface area contributed by atoms with Gasteiger partial charge in [-0.3, -0.25) is 6.29 Å². The molecule has 0 heterocycles. The van der Waals surface area contributed by atoms with Gasteiger partial charge in [0.05, 0.1) is 5.76 Å². The van der Waals surface area contributed by atoms with E-state index in [1.165, 1.54) is 0 Å². The fourth-order valence-corrected chi connectivity index (χ4v) is 1.93. The maximum Gasteiger partial charge on any atom is 1.00 e. The zero-order valence-electron chi connectivity index (χ0n) is 18.3. The molecule has 0 amide bonds. The molecule has 0 aliphatic carbocycles. The van der Waals surface area contributed by atoms with Crippen molar-refractivity contribution in [2.24, 2.45) is 5.92 Å². The molecule has 2 aromatic rings. The first-order valence-corrected chi connectivity index (χ1v) is 9.19. The molecule has 0 aliphatic heterocycles. The van der Waals surface area contributed by atoms with Gasteiger partial charge >= 0.3 is 51.4 Å². The van der Waals surface area contributed by atoms with Gasteiger partial charge in [0, 0.05) is 5.56 Å². The SMILES string of the molecule is C=C(C)O/C(=C(\C)c1ccccc1)c1ccccc1.CC(C)[C-]=O.[CH2-]CC.[K+]. The summed E-state index contributed by atoms with van der Waals surface area (Å²) < 4.78 is 5.84. The molecule has 0 atom stereocenters. The van der Waals surface area contributed by atoms with Gasteiger partial charge < -0.3 is 16.5 Å². The van der Waals surface area contributed by atoms with Gasteiger partial charge in [-0.2, -0.15) is 6.42 Å². The van der Waals surface area contributed by atoms with E-state index >= 15 is 0 Å². The van der Waals surface area contributed by atoms with Crippen molar-refractivity contribution in [3.05, 3.63) is 91.1 Å². The minimum atomic E-state index is 0. The number of benzene rings is 2. The third-order valence-electron chi connectivity index (χ3n) is 3.10. The molecule has 3 heteroatoms. The van der Waals surface area contributed by atoms with E-state index in [1.54, 1.807) is 20.1 Å². The summed E-state index contributed by atoms with van der Waals surface area (Å²) in [4.78, 5) is 9.38. The first-order valence-electron chi connectivity index (χ1n) is 9.19. The van der Waals surface area contributed by atoms with Crippen LogP contribution in [0.15, 0.2) is 73.0 Å². The summed E-state index contributed by atoms with van der Waals surface area (Å²) >= 11 is 0. The van der Waals surface area contributed by atoms with E-state index in [1.807, 2.05) is 62.4 Å². The smallest absolute Gasteiger partial charge is 0.542 e. The summed E-state index contributed by atoms with van der Waals surface area (Å²) in [5.74, 6) is 1.63. The van der Waals surface area contributed by atoms with E-state index in [-0.39, 0.29) is 57.3 Å². The number of hydrogen-bond acceptors (Lipinski definition) is 2. The third-order valence-corrected chi connectivity index (χ3v) is 3.10. The monoisotopic (exact) mass is 403 g/mol. The summed E-state index contributed by atoms with van der Waals surface area (Å²) in [6.45, 7) is 16.9. The third kappa shape index (κ3) is 13.2. The van der Waals surface area contributed by atoms with Crippen LogP contribution in [0, 0.1) is 12.8 Å². The molecule has 2 rings (SSSR count). The second-order valence-electron chi connectivity index (χ2n) is 6.26. The van der Waals surface area contributed by atoms with Crippen molar-refractivity contribution >= 4 is 17.6 Å². The van der Waals surface area contributed by atoms with Gasteiger partial charge in [-0.25, -0.2) is 0 Å². The zero-order chi connectivity index (χ0) is 20.7. The Morgan fingerprint density at radius 1 is 1.00 bits per heavy atom. The number of allylic oxidation sites excluding steroid dienone is 2. The average Bonchev–Trinajstić information content (AvgIpc) is 2.68. The quantitative estimate of drug-likeness (QED) is 0.325. The number of carbonyl (C=O) groups excluding carboxylic acids is 1. The van der Waals surface area contributed by atoms with Crippen LogP contribution >= 0.6 is 0 Å². The van der Waals surface area contributed by atoms with Crippen molar-refractivity contribution in [2.45, 2.75) is 41.0 Å². The van der Waals surface area contributed by atoms with Gasteiger partial charge in [-0.15, -0.1) is 5.92 Å². The Hall–Kier alpha value is -0.974. The van der Waals surface area contributed by atoms with Crippen LogP contribution in [0.5, 0.6) is 0 Å². The standard InChI is InChI=1S/C18H18O.C4H7O.C3H7.K/c1-14(2)19-18(17-12-8-5-9-13-17)15(3)16-10-6-4-7-11-16;1-4(2)3-5;1-3-2;/h4-13H,1H2,2-3H3;4H,1-2H3;1,3H2,2H3;/q;2*-1;+1/b18-15+;;;. The maximum atomic E-state index is 9.38. The molecule has 2 nitrogen and oxygen atoms in total. The molecule has 28 heavy (non-hydrogen) atoms. The maximum absolute atomic E-state index is 9.38. The van der Waals surface area contributed by atoms with Crippen LogP contribution < -0.4 is 51.4 Å². The Morgan fingerprint density at radius 2 is 1.36 bits per heavy atom. The van der Waals surface area contributed by atoms with Gasteiger partial charge in [-0.1, -0.05) is 88.0 Å². The first kappa shape index (κ1) is 29.2. The molecule has 0 bridgehead atoms. The number of ether oxygens (including phenoxy) is 1. The second-order valence-corrected chi connectivity index (χ2v) is 6.26. The van der Waals surface area contributed by atoms with E-state index < -0.39 is 0 Å². The van der Waals surface area contributed by atoms with Crippen molar-refractivity contribution in [3.8, 4) is 0 Å². The molecular weight excluding hydrogens is 371 g/mol. The Morgan fingerprint density at radius 3 is 1.68 bits per heavy atom. The number of rotatable bonds is 5. The molecule has 2 aromatic carbocycles. The molecule has 0 N–H and O–H groups in total. The van der Waals surface area contributed by atoms with Crippen molar-refractivity contribution in [3.63, 3.8) is 0 Å². The van der Waals surface area contributed by atoms with Crippen molar-refractivity contribution in [1.29, 1.82) is 0 Å². The van der Waals surface area contributed by atoms with Crippen molar-refractivity contribution < 1.29 is 60.9 Å². The molecule has 0 fully saturated rings. The van der Waals surface area contributed by atoms with Crippen LogP contribution in [-0.4, -0.2) is 6.29 Å². The molecule has 0 saturated heterocycles. The van der Waals surface area contributed by atoms with Gasteiger partial charge in [-0.05, 0) is 25.0 Å². The minimum Gasteiger partial charge on any atom is -0.542 e. The summed E-state index contributed by atoms with van der Waals surface area (Å²) in [6.07, 6.45) is 2.78. The summed E-state index contributed by atoms with van der Waals surface area (Å²) in [7, 11) is 0. The Labute approximate surface area is 214 Å². The molecule has 0 saturated carbocycles. The van der Waals surface area contributed by atoms with E-state index in [9.17, 15) is 4.79 Å². The van der Waals surface area contributed by atoms with E-state index in [4.69, 9.17) is 4.74 Å². The van der Waals surface area contributed by atoms with Crippen LogP contribution in [0.25, 0.3) is 11.3 Å². The number of hydrogen-bond donors (Lipinski definition) is 0. The van der Waals surface area contributed by atoms with Gasteiger partial charge in [0.2, 0.25) is 0 Å². The summed E-state index contributed by atoms with van der Waals surface area (Å²) in [5, 5.41) is 0. The zero-order valence-corrected chi connectivity index (χ0v) is 21.4. The minimum absolute atomic E-state index is 0. The second kappa shape index (κ2) is 18.1. The van der Waals surface area contributed by atoms with E-state index in [2.05, 4.69) is 32.6 Å². The summed E-state index contributed by atoms with van der Waals surface area (Å²) in [6, 6.07) is 20.4. The predicted octanol–water partition coefficient (Wildman–Crippen LogP) is 4.11. The first-order chi connectivity index (χ1) is 12.9. The molecule has 0 spiro atoms. The van der Waals surface area contributed by atoms with Gasteiger partial charge in [0.25, 0.3) is 0 Å². The van der Waals surface area contributed by atoms with Crippen LogP contribution in [0.2, 0.25) is 0 Å². The van der Waals surface area contributed by atoms with Crippen LogP contribution in [0.3, 0.4) is 0 Å².